The molecule has 7 N–H and O–H groups in total. The molecule has 0 radical (unpaired) electrons. The van der Waals surface area contributed by atoms with Crippen LogP contribution in [0, 0.1) is 0 Å². The van der Waals surface area contributed by atoms with Crippen LogP contribution in [-0.2, 0) is 36.8 Å². The number of nitrogens with zero attached hydrogens (tertiary/aromatic N) is 1. The van der Waals surface area contributed by atoms with Crippen molar-refractivity contribution in [3.8, 4) is 5.75 Å². The van der Waals surface area contributed by atoms with Crippen LogP contribution in [0.25, 0.3) is 0 Å². The third kappa shape index (κ3) is 8.29. The largest absolute Gasteiger partial charge is 0.508 e. The van der Waals surface area contributed by atoms with Crippen LogP contribution >= 0.6 is 0 Å². The molecule has 0 aliphatic carbocycles. The van der Waals surface area contributed by atoms with E-state index in [4.69, 9.17) is 5.73 Å². The van der Waals surface area contributed by atoms with E-state index in [0.29, 0.717) is 25.8 Å². The predicted molar refractivity (Wildman–Crippen MR) is 154 cm³/mol. The van der Waals surface area contributed by atoms with Crippen LogP contribution in [0.1, 0.15) is 36.8 Å². The zero-order valence-electron chi connectivity index (χ0n) is 23.4. The Morgan fingerprint density at radius 3 is 2.43 bits per heavy atom. The Morgan fingerprint density at radius 1 is 0.952 bits per heavy atom. The summed E-state index contributed by atoms with van der Waals surface area (Å²) in [7, 11) is 0. The molecule has 0 aromatic heterocycles. The molecule has 2 aromatic carbocycles. The van der Waals surface area contributed by atoms with Gasteiger partial charge in [0.2, 0.25) is 29.5 Å². The van der Waals surface area contributed by atoms with Gasteiger partial charge in [0.1, 0.15) is 23.9 Å². The zero-order valence-corrected chi connectivity index (χ0v) is 23.4. The van der Waals surface area contributed by atoms with Crippen molar-refractivity contribution in [1.29, 1.82) is 0 Å². The van der Waals surface area contributed by atoms with Crippen LogP contribution in [0.15, 0.2) is 54.6 Å². The van der Waals surface area contributed by atoms with Crippen LogP contribution in [-0.4, -0.2) is 83.3 Å². The van der Waals surface area contributed by atoms with E-state index in [0.717, 1.165) is 11.1 Å². The molecule has 4 rings (SSSR count). The lowest BCUT2D eigenvalue weighted by atomic mass is 10.0. The third-order valence-corrected chi connectivity index (χ3v) is 7.51. The second-order valence-electron chi connectivity index (χ2n) is 10.7. The predicted octanol–water partition coefficient (Wildman–Crippen LogP) is -0.508. The molecule has 2 heterocycles. The molecule has 2 aromatic rings. The maximum Gasteiger partial charge on any atom is 0.246 e. The molecule has 2 fully saturated rings. The molecule has 0 saturated carbocycles. The van der Waals surface area contributed by atoms with Crippen molar-refractivity contribution < 1.29 is 29.1 Å². The van der Waals surface area contributed by atoms with Gasteiger partial charge in [0.15, 0.2) is 0 Å². The van der Waals surface area contributed by atoms with Gasteiger partial charge < -0.3 is 37.0 Å². The van der Waals surface area contributed by atoms with Gasteiger partial charge in [-0.25, -0.2) is 0 Å². The van der Waals surface area contributed by atoms with Crippen LogP contribution in [0.3, 0.4) is 0 Å². The Balaban J connectivity index is 1.46. The van der Waals surface area contributed by atoms with Gasteiger partial charge in [-0.15, -0.1) is 0 Å². The van der Waals surface area contributed by atoms with Crippen LogP contribution in [0.2, 0.25) is 0 Å². The minimum absolute atomic E-state index is 0.0939. The summed E-state index contributed by atoms with van der Waals surface area (Å²) >= 11 is 0. The highest BCUT2D eigenvalue weighted by molar-refractivity contribution is 5.95. The highest BCUT2D eigenvalue weighted by Crippen LogP contribution is 2.20. The van der Waals surface area contributed by atoms with Crippen molar-refractivity contribution >= 4 is 29.5 Å². The number of carbonyl (C=O) groups is 5. The molecule has 42 heavy (non-hydrogen) atoms. The van der Waals surface area contributed by atoms with Gasteiger partial charge in [0, 0.05) is 19.5 Å². The number of nitrogens with two attached hydrogens (primary N) is 1. The summed E-state index contributed by atoms with van der Waals surface area (Å²) in [4.78, 5) is 67.0. The van der Waals surface area contributed by atoms with E-state index < -0.39 is 48.4 Å². The zero-order chi connectivity index (χ0) is 30.1. The molecule has 2 aliphatic rings. The number of carbonyl (C=O) groups excluding carboxylic acids is 5. The monoisotopic (exact) mass is 578 g/mol. The Bertz CT molecular complexity index is 1270. The normalized spacial score (nSPS) is 23.0. The molecule has 12 heteroatoms. The Hall–Kier alpha value is -4.45. The van der Waals surface area contributed by atoms with Crippen molar-refractivity contribution in [2.45, 2.75) is 62.7 Å². The topological polar surface area (TPSA) is 183 Å². The van der Waals surface area contributed by atoms with Crippen LogP contribution < -0.4 is 27.0 Å². The van der Waals surface area contributed by atoms with E-state index in [1.165, 1.54) is 17.0 Å². The summed E-state index contributed by atoms with van der Waals surface area (Å²) in [6.07, 6.45) is 2.15. The number of hydrogen-bond acceptors (Lipinski definition) is 7. The molecular formula is C30H38N6O6. The van der Waals surface area contributed by atoms with Crippen LogP contribution in [0.5, 0.6) is 5.75 Å². The lowest BCUT2D eigenvalue weighted by Crippen LogP contribution is -2.56. The lowest BCUT2D eigenvalue weighted by Gasteiger charge is -2.29. The highest BCUT2D eigenvalue weighted by Gasteiger charge is 2.38. The Kier molecular flexibility index (Phi) is 10.5. The van der Waals surface area contributed by atoms with Crippen molar-refractivity contribution in [1.82, 2.24) is 26.2 Å². The highest BCUT2D eigenvalue weighted by atomic mass is 16.3. The minimum atomic E-state index is -0.997. The average Bonchev–Trinajstić information content (AvgIpc) is 3.48. The summed E-state index contributed by atoms with van der Waals surface area (Å²) in [5.74, 6) is -2.24. The van der Waals surface area contributed by atoms with E-state index in [9.17, 15) is 29.1 Å². The van der Waals surface area contributed by atoms with Gasteiger partial charge in [0.25, 0.3) is 0 Å². The van der Waals surface area contributed by atoms with Crippen molar-refractivity contribution in [2.24, 2.45) is 5.73 Å². The lowest BCUT2D eigenvalue weighted by molar-refractivity contribution is -0.141. The Labute approximate surface area is 244 Å². The fourth-order valence-electron chi connectivity index (χ4n) is 5.25. The third-order valence-electron chi connectivity index (χ3n) is 7.51. The first kappa shape index (κ1) is 30.5. The summed E-state index contributed by atoms with van der Waals surface area (Å²) in [6, 6.07) is 12.0. The molecule has 224 valence electrons. The maximum absolute atomic E-state index is 13.6. The molecule has 4 atom stereocenters. The standard InChI is InChI=1S/C30H38N6O6/c31-22(16-20-10-12-21(37)13-11-20)27(39)35-23-8-4-14-32-29(41)25-9-5-15-36(25)30(42)24(17-19-6-2-1-3-7-19)34-26(38)18-33-28(23)40/h1-3,6-7,10-13,22-25,37H,4-5,8-9,14-18,31H2,(H,32,41)(H,33,40)(H,34,38)(H,35,39)/t22-,23?,24?,25-/m0/s1. The van der Waals surface area contributed by atoms with E-state index in [1.807, 2.05) is 30.3 Å². The van der Waals surface area contributed by atoms with Gasteiger partial charge >= 0.3 is 0 Å². The fraction of sp³-hybridized carbons (Fsp3) is 0.433. The van der Waals surface area contributed by atoms with Crippen molar-refractivity contribution in [3.05, 3.63) is 65.7 Å². The van der Waals surface area contributed by atoms with Gasteiger partial charge in [0.05, 0.1) is 12.6 Å². The van der Waals surface area contributed by atoms with E-state index in [2.05, 4.69) is 21.3 Å². The molecule has 0 bridgehead atoms. The number of benzene rings is 2. The molecule has 12 nitrogen and oxygen atoms in total. The number of fused-ring (bicyclic) bond motifs is 1. The number of hydrogen-bond donors (Lipinski definition) is 6. The second kappa shape index (κ2) is 14.4. The van der Waals surface area contributed by atoms with Crippen molar-refractivity contribution in [2.75, 3.05) is 19.6 Å². The number of nitrogens with one attached hydrogen (secondary N) is 4. The molecule has 5 amide bonds. The van der Waals surface area contributed by atoms with Gasteiger partial charge in [-0.2, -0.15) is 0 Å². The average molecular weight is 579 g/mol. The SMILES string of the molecule is N[C@@H](Cc1ccc(O)cc1)C(=O)NC1CCCNC(=O)[C@@H]2CCCN2C(=O)C(Cc2ccccc2)NC(=O)CNC1=O. The smallest absolute Gasteiger partial charge is 0.246 e. The fourth-order valence-corrected chi connectivity index (χ4v) is 5.25. The molecule has 2 saturated heterocycles. The first-order valence-corrected chi connectivity index (χ1v) is 14.2. The quantitative estimate of drug-likeness (QED) is 0.267. The minimum Gasteiger partial charge on any atom is -0.508 e. The number of rotatable bonds is 6. The maximum atomic E-state index is 13.6. The second-order valence-corrected chi connectivity index (χ2v) is 10.7. The first-order valence-electron chi connectivity index (χ1n) is 14.2. The van der Waals surface area contributed by atoms with E-state index in [1.54, 1.807) is 12.1 Å². The van der Waals surface area contributed by atoms with E-state index >= 15 is 0 Å². The first-order chi connectivity index (χ1) is 20.2. The van der Waals surface area contributed by atoms with E-state index in [-0.39, 0.29) is 43.4 Å². The molecular weight excluding hydrogens is 540 g/mol. The van der Waals surface area contributed by atoms with Gasteiger partial charge in [-0.3, -0.25) is 24.0 Å². The van der Waals surface area contributed by atoms with Gasteiger partial charge in [-0.1, -0.05) is 42.5 Å². The Morgan fingerprint density at radius 2 is 1.69 bits per heavy atom. The molecule has 2 unspecified atom stereocenters. The summed E-state index contributed by atoms with van der Waals surface area (Å²) in [5.41, 5.74) is 7.67. The van der Waals surface area contributed by atoms with Gasteiger partial charge in [-0.05, 0) is 55.4 Å². The molecule has 2 aliphatic heterocycles. The summed E-state index contributed by atoms with van der Waals surface area (Å²) in [5, 5.41) is 20.3. The summed E-state index contributed by atoms with van der Waals surface area (Å²) < 4.78 is 0. The summed E-state index contributed by atoms with van der Waals surface area (Å²) in [6.45, 7) is 0.248. The number of phenols is 1. The van der Waals surface area contributed by atoms with Crippen LogP contribution in [0.4, 0.5) is 0 Å². The van der Waals surface area contributed by atoms with Crippen molar-refractivity contribution in [3.63, 3.8) is 0 Å². The molecule has 0 spiro atoms. The number of aromatic hydroxyl groups is 1. The number of amides is 5. The number of phenolic OH excluding ortho intramolecular Hbond substituents is 1.